The molecule has 1 heterocycles. The summed E-state index contributed by atoms with van der Waals surface area (Å²) in [4.78, 5) is 27.1. The van der Waals surface area contributed by atoms with Crippen LogP contribution in [0.2, 0.25) is 0 Å². The summed E-state index contributed by atoms with van der Waals surface area (Å²) in [5.41, 5.74) is -4.73. The number of nitrogens with one attached hydrogen (secondary N) is 1. The van der Waals surface area contributed by atoms with E-state index in [0.717, 1.165) is 0 Å². The smallest absolute Gasteiger partial charge is 0.424 e. The number of carboxylic acids is 1. The van der Waals surface area contributed by atoms with Crippen LogP contribution >= 0.6 is 11.3 Å². The first-order chi connectivity index (χ1) is 11.0. The van der Waals surface area contributed by atoms with Crippen LogP contribution in [-0.4, -0.2) is 38.8 Å². The molecule has 1 amide bonds. The first-order valence-electron chi connectivity index (χ1n) is 7.26. The quantitative estimate of drug-likeness (QED) is 0.741. The van der Waals surface area contributed by atoms with Gasteiger partial charge in [0, 0.05) is 11.1 Å². The average Bonchev–Trinajstić information content (AvgIpc) is 3.07. The van der Waals surface area contributed by atoms with Gasteiger partial charge in [-0.3, -0.25) is 4.79 Å². The number of carbonyl (C=O) groups is 2. The molecule has 1 atom stereocenters. The maximum absolute atomic E-state index is 13.3. The molecule has 1 fully saturated rings. The summed E-state index contributed by atoms with van der Waals surface area (Å²) in [5.74, 6) is -2.46. The molecule has 3 N–H and O–H groups in total. The fraction of sp³-hybridized carbons (Fsp3) is 0.643. The van der Waals surface area contributed by atoms with Gasteiger partial charge >= 0.3 is 12.1 Å². The number of amides is 1. The molecule has 1 saturated carbocycles. The number of hydrogen-bond acceptors (Lipinski definition) is 5. The van der Waals surface area contributed by atoms with Gasteiger partial charge in [0.05, 0.1) is 6.42 Å². The monoisotopic (exact) mass is 366 g/mol. The largest absolute Gasteiger partial charge is 0.480 e. The van der Waals surface area contributed by atoms with Crippen molar-refractivity contribution in [3.8, 4) is 0 Å². The Morgan fingerprint density at radius 3 is 2.38 bits per heavy atom. The van der Waals surface area contributed by atoms with E-state index in [1.165, 1.54) is 12.3 Å². The minimum absolute atomic E-state index is 0.148. The Morgan fingerprint density at radius 2 is 1.96 bits per heavy atom. The predicted molar refractivity (Wildman–Crippen MR) is 78.4 cm³/mol. The summed E-state index contributed by atoms with van der Waals surface area (Å²) in [6, 6.07) is 0. The van der Waals surface area contributed by atoms with Gasteiger partial charge in [0.25, 0.3) is 0 Å². The van der Waals surface area contributed by atoms with Crippen molar-refractivity contribution in [2.45, 2.75) is 56.3 Å². The van der Waals surface area contributed by atoms with E-state index in [0.29, 0.717) is 24.2 Å². The van der Waals surface area contributed by atoms with Crippen LogP contribution in [0.25, 0.3) is 0 Å². The number of alkyl halides is 3. The molecule has 0 bridgehead atoms. The first-order valence-corrected chi connectivity index (χ1v) is 8.14. The Hall–Kier alpha value is -1.68. The number of halogens is 3. The molecule has 2 rings (SSSR count). The molecule has 0 aliphatic heterocycles. The summed E-state index contributed by atoms with van der Waals surface area (Å²) in [7, 11) is 0. The van der Waals surface area contributed by atoms with Gasteiger partial charge in [-0.1, -0.05) is 12.8 Å². The van der Waals surface area contributed by atoms with E-state index in [1.807, 2.05) is 0 Å². The fourth-order valence-electron chi connectivity index (χ4n) is 2.76. The lowest BCUT2D eigenvalue weighted by atomic mass is 9.94. The van der Waals surface area contributed by atoms with Gasteiger partial charge in [0.15, 0.2) is 0 Å². The number of aliphatic hydroxyl groups is 1. The molecule has 0 aromatic carbocycles. The summed E-state index contributed by atoms with van der Waals surface area (Å²) < 4.78 is 40.0. The molecule has 6 nitrogen and oxygen atoms in total. The zero-order valence-electron chi connectivity index (χ0n) is 12.8. The predicted octanol–water partition coefficient (Wildman–Crippen LogP) is 2.11. The van der Waals surface area contributed by atoms with Gasteiger partial charge < -0.3 is 15.5 Å². The number of rotatable bonds is 5. The number of hydrogen-bond donors (Lipinski definition) is 3. The molecular formula is C14H17F3N2O4S. The summed E-state index contributed by atoms with van der Waals surface area (Å²) in [6.45, 7) is 1.47. The summed E-state index contributed by atoms with van der Waals surface area (Å²) >= 11 is 0.596. The van der Waals surface area contributed by atoms with Crippen LogP contribution in [0, 0.1) is 6.92 Å². The molecule has 1 unspecified atom stereocenters. The lowest BCUT2D eigenvalue weighted by Gasteiger charge is -2.31. The van der Waals surface area contributed by atoms with Crippen molar-refractivity contribution in [1.29, 1.82) is 0 Å². The van der Waals surface area contributed by atoms with E-state index in [-0.39, 0.29) is 18.5 Å². The molecule has 10 heteroatoms. The molecule has 0 saturated heterocycles. The highest BCUT2D eigenvalue weighted by atomic mass is 32.1. The van der Waals surface area contributed by atoms with Crippen molar-refractivity contribution in [3.05, 3.63) is 16.1 Å². The minimum atomic E-state index is -5.12. The molecule has 0 radical (unpaired) electrons. The number of aliphatic carboxylic acids is 1. The summed E-state index contributed by atoms with van der Waals surface area (Å²) in [5, 5.41) is 22.3. The SMILES string of the molecule is Cc1csc(C(O)(CC(=O)NC2(C(=O)O)CCCC2)C(F)(F)F)n1. The number of thiazole rings is 1. The van der Waals surface area contributed by atoms with Crippen molar-refractivity contribution >= 4 is 23.2 Å². The van der Waals surface area contributed by atoms with Gasteiger partial charge in [-0.25, -0.2) is 9.78 Å². The van der Waals surface area contributed by atoms with Crippen LogP contribution in [0.1, 0.15) is 42.8 Å². The van der Waals surface area contributed by atoms with Crippen molar-refractivity contribution in [3.63, 3.8) is 0 Å². The average molecular weight is 366 g/mol. The standard InChI is InChI=1S/C14H17F3N2O4S/c1-8-7-24-10(18-8)13(23,14(15,16)17)6-9(20)19-12(11(21)22)4-2-3-5-12/h7,23H,2-6H2,1H3,(H,19,20)(H,21,22). The normalized spacial score (nSPS) is 19.7. The van der Waals surface area contributed by atoms with Crippen LogP contribution < -0.4 is 5.32 Å². The summed E-state index contributed by atoms with van der Waals surface area (Å²) in [6.07, 6.45) is -5.05. The van der Waals surface area contributed by atoms with Gasteiger partial charge in [0.1, 0.15) is 10.5 Å². The van der Waals surface area contributed by atoms with Crippen LogP contribution in [0.3, 0.4) is 0 Å². The Kier molecular flexibility index (Phi) is 4.91. The van der Waals surface area contributed by atoms with Crippen LogP contribution in [0.4, 0.5) is 13.2 Å². The second-order valence-electron chi connectivity index (χ2n) is 5.97. The van der Waals surface area contributed by atoms with E-state index in [2.05, 4.69) is 10.3 Å². The van der Waals surface area contributed by atoms with Crippen molar-refractivity contribution in [2.75, 3.05) is 0 Å². The van der Waals surface area contributed by atoms with Gasteiger partial charge in [-0.15, -0.1) is 11.3 Å². The first kappa shape index (κ1) is 18.7. The zero-order chi connectivity index (χ0) is 18.2. The number of nitrogens with zero attached hydrogens (tertiary/aromatic N) is 1. The van der Waals surface area contributed by atoms with E-state index in [4.69, 9.17) is 0 Å². The number of aromatic nitrogens is 1. The Morgan fingerprint density at radius 1 is 1.38 bits per heavy atom. The van der Waals surface area contributed by atoms with E-state index in [1.54, 1.807) is 0 Å². The third-order valence-electron chi connectivity index (χ3n) is 4.10. The van der Waals surface area contributed by atoms with Crippen molar-refractivity contribution in [2.24, 2.45) is 0 Å². The molecule has 1 aliphatic carbocycles. The van der Waals surface area contributed by atoms with Gasteiger partial charge in [-0.2, -0.15) is 13.2 Å². The highest BCUT2D eigenvalue weighted by molar-refractivity contribution is 7.09. The van der Waals surface area contributed by atoms with Crippen molar-refractivity contribution < 1.29 is 33.0 Å². The molecule has 1 aromatic heterocycles. The van der Waals surface area contributed by atoms with Crippen LogP contribution in [0.5, 0.6) is 0 Å². The zero-order valence-corrected chi connectivity index (χ0v) is 13.6. The maximum Gasteiger partial charge on any atom is 0.424 e. The molecular weight excluding hydrogens is 349 g/mol. The lowest BCUT2D eigenvalue weighted by molar-refractivity contribution is -0.267. The molecule has 134 valence electrons. The van der Waals surface area contributed by atoms with Crippen molar-refractivity contribution in [1.82, 2.24) is 10.3 Å². The Labute approximate surface area is 139 Å². The molecule has 1 aromatic rings. The fourth-order valence-corrected chi connectivity index (χ4v) is 3.67. The Balaban J connectivity index is 2.24. The Bertz CT molecular complexity index is 640. The van der Waals surface area contributed by atoms with E-state index >= 15 is 0 Å². The lowest BCUT2D eigenvalue weighted by Crippen LogP contribution is -2.55. The van der Waals surface area contributed by atoms with Gasteiger partial charge in [0.2, 0.25) is 11.5 Å². The second kappa shape index (κ2) is 6.32. The highest BCUT2D eigenvalue weighted by Gasteiger charge is 2.58. The van der Waals surface area contributed by atoms with Gasteiger partial charge in [-0.05, 0) is 19.8 Å². The highest BCUT2D eigenvalue weighted by Crippen LogP contribution is 2.43. The third-order valence-corrected chi connectivity index (χ3v) is 5.21. The minimum Gasteiger partial charge on any atom is -0.480 e. The third kappa shape index (κ3) is 3.39. The van der Waals surface area contributed by atoms with Crippen LogP contribution in [-0.2, 0) is 15.2 Å². The second-order valence-corrected chi connectivity index (χ2v) is 6.83. The van der Waals surface area contributed by atoms with E-state index < -0.39 is 40.6 Å². The van der Waals surface area contributed by atoms with Crippen LogP contribution in [0.15, 0.2) is 5.38 Å². The maximum atomic E-state index is 13.3. The number of carboxylic acid groups (broad SMARTS) is 1. The van der Waals surface area contributed by atoms with E-state index in [9.17, 15) is 33.0 Å². The molecule has 1 aliphatic rings. The topological polar surface area (TPSA) is 99.5 Å². The molecule has 0 spiro atoms. The molecule has 24 heavy (non-hydrogen) atoms. The number of carbonyl (C=O) groups excluding carboxylic acids is 1. The number of aryl methyl sites for hydroxylation is 1.